The fourth-order valence-corrected chi connectivity index (χ4v) is 6.69. The Labute approximate surface area is 209 Å². The molecule has 3 aromatic rings. The highest BCUT2D eigenvalue weighted by molar-refractivity contribution is 8.01. The lowest BCUT2D eigenvalue weighted by atomic mass is 10.1. The third-order valence-electron chi connectivity index (χ3n) is 5.38. The van der Waals surface area contributed by atoms with Gasteiger partial charge in [0.25, 0.3) is 5.91 Å². The number of sulfone groups is 1. The van der Waals surface area contributed by atoms with Gasteiger partial charge in [-0.3, -0.25) is 10.1 Å². The van der Waals surface area contributed by atoms with Gasteiger partial charge in [0.05, 0.1) is 33.8 Å². The predicted molar refractivity (Wildman–Crippen MR) is 129 cm³/mol. The number of nitrogens with one attached hydrogen (secondary N) is 1. The maximum atomic E-state index is 13.2. The van der Waals surface area contributed by atoms with E-state index in [1.54, 1.807) is 29.2 Å². The molecule has 3 heterocycles. The van der Waals surface area contributed by atoms with Crippen molar-refractivity contribution >= 4 is 49.7 Å². The monoisotopic (exact) mass is 534 g/mol. The molecule has 1 aliphatic carbocycles. The summed E-state index contributed by atoms with van der Waals surface area (Å²) in [7, 11) is -1.50. The van der Waals surface area contributed by atoms with Crippen LogP contribution in [0, 0.1) is 0 Å². The number of aryl methyl sites for hydroxylation is 1. The molecule has 1 N–H and O–H groups in total. The summed E-state index contributed by atoms with van der Waals surface area (Å²) < 4.78 is 32.9. The second kappa shape index (κ2) is 10.0. The zero-order valence-electron chi connectivity index (χ0n) is 18.7. The molecular formula is C21H22N6O5S3. The first-order valence-corrected chi connectivity index (χ1v) is 14.0. The number of benzene rings is 1. The smallest absolute Gasteiger partial charge is 0.280 e. The summed E-state index contributed by atoms with van der Waals surface area (Å²) in [5, 5.41) is 15.5. The molecule has 2 aliphatic rings. The van der Waals surface area contributed by atoms with Crippen LogP contribution in [0.1, 0.15) is 24.8 Å². The van der Waals surface area contributed by atoms with E-state index in [0.29, 0.717) is 48.3 Å². The van der Waals surface area contributed by atoms with Crippen LogP contribution in [0.15, 0.2) is 56.2 Å². The Morgan fingerprint density at radius 2 is 2.09 bits per heavy atom. The average Bonchev–Trinajstić information content (AvgIpc) is 3.20. The standard InChI is InChI=1S/C21H22N6O5S3/c1-27-12-23-25-21(27)34-17-10-22-20(33-17)24-19(28)18(26-32-14-8-9-31-11-14)13-2-4-15(5-3-13)35(29,30)16-6-7-16/h2-5,10,12,14,16H,6-9,11H2,1H3,(H,22,24,28)/b26-18+/t14-/m1/s1. The van der Waals surface area contributed by atoms with E-state index in [2.05, 4.69) is 25.7 Å². The Bertz CT molecular complexity index is 1340. The molecule has 1 saturated carbocycles. The predicted octanol–water partition coefficient (Wildman–Crippen LogP) is 2.51. The minimum Gasteiger partial charge on any atom is -0.389 e. The first-order valence-electron chi connectivity index (χ1n) is 10.8. The molecule has 1 aromatic carbocycles. The number of thiazole rings is 1. The fraction of sp³-hybridized carbons (Fsp3) is 0.381. The molecule has 0 spiro atoms. The maximum Gasteiger partial charge on any atom is 0.280 e. The highest BCUT2D eigenvalue weighted by Gasteiger charge is 2.36. The zero-order valence-corrected chi connectivity index (χ0v) is 21.1. The van der Waals surface area contributed by atoms with Crippen LogP contribution in [0.2, 0.25) is 0 Å². The van der Waals surface area contributed by atoms with Gasteiger partial charge in [-0.15, -0.1) is 10.2 Å². The Kier molecular flexibility index (Phi) is 6.86. The van der Waals surface area contributed by atoms with E-state index in [4.69, 9.17) is 9.57 Å². The van der Waals surface area contributed by atoms with Gasteiger partial charge in [0.1, 0.15) is 6.33 Å². The summed E-state index contributed by atoms with van der Waals surface area (Å²) in [4.78, 5) is 23.2. The SMILES string of the molecule is Cn1cnnc1Sc1cnc(NC(=O)/C(=N/O[C@@H]2CCOC2)c2ccc(S(=O)(=O)C3CC3)cc2)s1. The highest BCUT2D eigenvalue weighted by atomic mass is 32.2. The molecule has 14 heteroatoms. The Morgan fingerprint density at radius 1 is 1.29 bits per heavy atom. The first kappa shape index (κ1) is 23.9. The van der Waals surface area contributed by atoms with Crippen molar-refractivity contribution in [2.24, 2.45) is 12.2 Å². The van der Waals surface area contributed by atoms with Crippen molar-refractivity contribution in [1.82, 2.24) is 19.7 Å². The Balaban J connectivity index is 1.34. The van der Waals surface area contributed by atoms with Crippen LogP contribution >= 0.6 is 23.1 Å². The van der Waals surface area contributed by atoms with Crippen LogP contribution in [-0.2, 0) is 31.3 Å². The molecule has 1 aliphatic heterocycles. The molecule has 0 unspecified atom stereocenters. The summed E-state index contributed by atoms with van der Waals surface area (Å²) in [5.41, 5.74) is 0.450. The Hall–Kier alpha value is -2.81. The van der Waals surface area contributed by atoms with Gasteiger partial charge in [0, 0.05) is 19.0 Å². The van der Waals surface area contributed by atoms with Crippen LogP contribution in [0.5, 0.6) is 0 Å². The van der Waals surface area contributed by atoms with E-state index in [1.165, 1.54) is 35.2 Å². The van der Waals surface area contributed by atoms with Crippen LogP contribution in [0.25, 0.3) is 0 Å². The Morgan fingerprint density at radius 3 is 2.74 bits per heavy atom. The first-order chi connectivity index (χ1) is 16.9. The topological polar surface area (TPSA) is 138 Å². The van der Waals surface area contributed by atoms with E-state index < -0.39 is 15.7 Å². The van der Waals surface area contributed by atoms with Crippen molar-refractivity contribution < 1.29 is 22.8 Å². The minimum atomic E-state index is -3.33. The number of anilines is 1. The van der Waals surface area contributed by atoms with Crippen molar-refractivity contribution in [3.05, 3.63) is 42.4 Å². The lowest BCUT2D eigenvalue weighted by molar-refractivity contribution is -0.110. The number of aromatic nitrogens is 4. The molecular weight excluding hydrogens is 512 g/mol. The zero-order chi connectivity index (χ0) is 24.4. The number of nitrogens with zero attached hydrogens (tertiary/aromatic N) is 5. The molecule has 0 bridgehead atoms. The maximum absolute atomic E-state index is 13.2. The van der Waals surface area contributed by atoms with Gasteiger partial charge in [-0.1, -0.05) is 28.6 Å². The van der Waals surface area contributed by atoms with Gasteiger partial charge in [0.2, 0.25) is 0 Å². The number of hydrogen-bond acceptors (Lipinski definition) is 11. The second-order valence-corrected chi connectivity index (χ2v) is 12.6. The van der Waals surface area contributed by atoms with Crippen molar-refractivity contribution in [3.8, 4) is 0 Å². The molecule has 2 fully saturated rings. The quantitative estimate of drug-likeness (QED) is 0.324. The van der Waals surface area contributed by atoms with Gasteiger partial charge < -0.3 is 14.1 Å². The van der Waals surface area contributed by atoms with Crippen LogP contribution in [-0.4, -0.2) is 64.4 Å². The molecule has 11 nitrogen and oxygen atoms in total. The van der Waals surface area contributed by atoms with Crippen molar-refractivity contribution in [3.63, 3.8) is 0 Å². The molecule has 2 aromatic heterocycles. The van der Waals surface area contributed by atoms with Gasteiger partial charge in [-0.05, 0) is 36.7 Å². The van der Waals surface area contributed by atoms with E-state index in [0.717, 1.165) is 4.21 Å². The minimum absolute atomic E-state index is 0.0185. The summed E-state index contributed by atoms with van der Waals surface area (Å²) in [6.07, 6.45) is 5.03. The van der Waals surface area contributed by atoms with Gasteiger partial charge in [-0.2, -0.15) is 0 Å². The largest absolute Gasteiger partial charge is 0.389 e. The van der Waals surface area contributed by atoms with E-state index in [1.807, 2.05) is 7.05 Å². The lowest BCUT2D eigenvalue weighted by Gasteiger charge is -2.10. The number of carbonyl (C=O) groups is 1. The van der Waals surface area contributed by atoms with E-state index in [-0.39, 0.29) is 22.0 Å². The van der Waals surface area contributed by atoms with Gasteiger partial charge >= 0.3 is 0 Å². The second-order valence-electron chi connectivity index (χ2n) is 8.06. The van der Waals surface area contributed by atoms with E-state index in [9.17, 15) is 13.2 Å². The molecule has 1 saturated heterocycles. The van der Waals surface area contributed by atoms with Crippen molar-refractivity contribution in [2.45, 2.75) is 44.9 Å². The fourth-order valence-electron chi connectivity index (χ4n) is 3.30. The number of amides is 1. The summed E-state index contributed by atoms with van der Waals surface area (Å²) >= 11 is 2.66. The summed E-state index contributed by atoms with van der Waals surface area (Å²) in [6, 6.07) is 6.14. The lowest BCUT2D eigenvalue weighted by Crippen LogP contribution is -2.25. The highest BCUT2D eigenvalue weighted by Crippen LogP contribution is 2.34. The number of rotatable bonds is 9. The molecule has 5 rings (SSSR count). The van der Waals surface area contributed by atoms with E-state index >= 15 is 0 Å². The third-order valence-corrected chi connectivity index (χ3v) is 9.73. The third kappa shape index (κ3) is 5.55. The summed E-state index contributed by atoms with van der Waals surface area (Å²) in [6.45, 7) is 0.965. The van der Waals surface area contributed by atoms with Crippen LogP contribution in [0.3, 0.4) is 0 Å². The average molecular weight is 535 g/mol. The van der Waals surface area contributed by atoms with Crippen LogP contribution < -0.4 is 5.32 Å². The van der Waals surface area contributed by atoms with Crippen LogP contribution in [0.4, 0.5) is 5.13 Å². The van der Waals surface area contributed by atoms with Gasteiger partial charge in [0.15, 0.2) is 31.9 Å². The number of hydrogen-bond donors (Lipinski definition) is 1. The van der Waals surface area contributed by atoms with Gasteiger partial charge in [-0.25, -0.2) is 13.4 Å². The molecule has 0 radical (unpaired) electrons. The molecule has 35 heavy (non-hydrogen) atoms. The molecule has 1 atom stereocenters. The normalized spacial score (nSPS) is 18.5. The molecule has 1 amide bonds. The summed E-state index contributed by atoms with van der Waals surface area (Å²) in [5.74, 6) is -0.522. The molecule has 184 valence electrons. The number of carbonyl (C=O) groups excluding carboxylic acids is 1. The van der Waals surface area contributed by atoms with Crippen molar-refractivity contribution in [1.29, 1.82) is 0 Å². The van der Waals surface area contributed by atoms with Crippen molar-refractivity contribution in [2.75, 3.05) is 18.5 Å². The number of ether oxygens (including phenoxy) is 1. The number of oxime groups is 1.